The second kappa shape index (κ2) is 8.57. The highest BCUT2D eigenvalue weighted by molar-refractivity contribution is 5.75. The van der Waals surface area contributed by atoms with E-state index in [-0.39, 0.29) is 17.8 Å². The van der Waals surface area contributed by atoms with E-state index in [9.17, 15) is 9.59 Å². The number of amides is 2. The van der Waals surface area contributed by atoms with Gasteiger partial charge in [0.15, 0.2) is 5.65 Å². The van der Waals surface area contributed by atoms with Crippen molar-refractivity contribution in [3.63, 3.8) is 0 Å². The molecule has 5 rings (SSSR count). The molecule has 2 aliphatic rings. The van der Waals surface area contributed by atoms with Crippen molar-refractivity contribution < 1.29 is 4.79 Å². The predicted octanol–water partition coefficient (Wildman–Crippen LogP) is 3.54. The summed E-state index contributed by atoms with van der Waals surface area (Å²) in [5, 5.41) is 3.19. The number of aromatic nitrogens is 3. The van der Waals surface area contributed by atoms with Gasteiger partial charge in [-0.3, -0.25) is 9.13 Å². The van der Waals surface area contributed by atoms with E-state index < -0.39 is 0 Å². The van der Waals surface area contributed by atoms with Crippen molar-refractivity contribution in [3.8, 4) is 0 Å². The summed E-state index contributed by atoms with van der Waals surface area (Å²) in [6.07, 6.45) is 8.00. The van der Waals surface area contributed by atoms with Crippen LogP contribution in [-0.4, -0.2) is 44.2 Å². The number of carbonyl (C=O) groups excluding carboxylic acids is 1. The molecule has 0 bridgehead atoms. The zero-order valence-electron chi connectivity index (χ0n) is 17.7. The number of urea groups is 1. The Bertz CT molecular complexity index is 1110. The summed E-state index contributed by atoms with van der Waals surface area (Å²) in [5.74, 6) is 0. The molecule has 31 heavy (non-hydrogen) atoms. The molecule has 162 valence electrons. The zero-order valence-corrected chi connectivity index (χ0v) is 17.7. The van der Waals surface area contributed by atoms with Crippen LogP contribution in [-0.2, 0) is 6.54 Å². The lowest BCUT2D eigenvalue weighted by molar-refractivity contribution is 0.163. The molecule has 7 nitrogen and oxygen atoms in total. The number of hydrogen-bond acceptors (Lipinski definition) is 3. The van der Waals surface area contributed by atoms with E-state index in [1.54, 1.807) is 10.8 Å². The molecule has 3 aromatic rings. The quantitative estimate of drug-likeness (QED) is 0.703. The lowest BCUT2D eigenvalue weighted by Crippen LogP contribution is -2.49. The maximum Gasteiger partial charge on any atom is 0.330 e. The van der Waals surface area contributed by atoms with Gasteiger partial charge in [0, 0.05) is 25.3 Å². The van der Waals surface area contributed by atoms with E-state index in [0.29, 0.717) is 24.8 Å². The van der Waals surface area contributed by atoms with Crippen molar-refractivity contribution in [2.24, 2.45) is 0 Å². The fourth-order valence-electron chi connectivity index (χ4n) is 5.04. The van der Waals surface area contributed by atoms with Crippen LogP contribution in [0.15, 0.2) is 53.5 Å². The fourth-order valence-corrected chi connectivity index (χ4v) is 5.04. The molecule has 1 atom stereocenters. The molecule has 1 aliphatic heterocycles. The van der Waals surface area contributed by atoms with E-state index in [0.717, 1.165) is 43.3 Å². The van der Waals surface area contributed by atoms with Crippen LogP contribution in [0.5, 0.6) is 0 Å². The normalized spacial score (nSPS) is 19.7. The van der Waals surface area contributed by atoms with E-state index >= 15 is 0 Å². The Hall–Kier alpha value is -3.09. The standard InChI is InChI=1S/C24H29N5O2/c30-23(26-19-10-4-5-11-19)27-15-7-12-20(17-27)29-22-21(13-6-14-25-22)28(24(29)31)16-18-8-2-1-3-9-18/h1-3,6,8-9,13-14,19-20H,4-5,7,10-12,15-17H2,(H,26,30)/t20-/m0/s1. The van der Waals surface area contributed by atoms with Gasteiger partial charge in [0.1, 0.15) is 0 Å². The molecule has 0 spiro atoms. The second-order valence-electron chi connectivity index (χ2n) is 8.74. The van der Waals surface area contributed by atoms with Gasteiger partial charge < -0.3 is 10.2 Å². The minimum absolute atomic E-state index is 0.00521. The van der Waals surface area contributed by atoms with Crippen molar-refractivity contribution in [1.82, 2.24) is 24.3 Å². The Morgan fingerprint density at radius 2 is 1.84 bits per heavy atom. The van der Waals surface area contributed by atoms with Crippen molar-refractivity contribution in [3.05, 3.63) is 64.7 Å². The van der Waals surface area contributed by atoms with Crippen LogP contribution in [0.4, 0.5) is 4.79 Å². The molecule has 0 unspecified atom stereocenters. The molecule has 1 N–H and O–H groups in total. The number of pyridine rings is 1. The third kappa shape index (κ3) is 3.96. The first-order chi connectivity index (χ1) is 15.2. The zero-order chi connectivity index (χ0) is 21.2. The van der Waals surface area contributed by atoms with E-state index in [2.05, 4.69) is 10.3 Å². The first-order valence-electron chi connectivity index (χ1n) is 11.4. The van der Waals surface area contributed by atoms with Crippen LogP contribution in [0.25, 0.3) is 11.2 Å². The van der Waals surface area contributed by atoms with Gasteiger partial charge in [0.05, 0.1) is 18.1 Å². The van der Waals surface area contributed by atoms with Crippen LogP contribution >= 0.6 is 0 Å². The highest BCUT2D eigenvalue weighted by atomic mass is 16.2. The summed E-state index contributed by atoms with van der Waals surface area (Å²) in [7, 11) is 0. The Morgan fingerprint density at radius 3 is 2.65 bits per heavy atom. The Kier molecular flexibility index (Phi) is 5.49. The number of nitrogens with zero attached hydrogens (tertiary/aromatic N) is 4. The van der Waals surface area contributed by atoms with Crippen molar-refractivity contribution in [1.29, 1.82) is 0 Å². The van der Waals surface area contributed by atoms with E-state index in [1.807, 2.05) is 51.9 Å². The Balaban J connectivity index is 1.43. The average Bonchev–Trinajstić information content (AvgIpc) is 3.41. The maximum absolute atomic E-state index is 13.5. The molecule has 2 amide bonds. The number of carbonyl (C=O) groups is 1. The summed E-state index contributed by atoms with van der Waals surface area (Å²) in [6, 6.07) is 14.1. The number of imidazole rings is 1. The molecule has 2 aromatic heterocycles. The van der Waals surface area contributed by atoms with Crippen molar-refractivity contribution >= 4 is 17.2 Å². The second-order valence-corrected chi connectivity index (χ2v) is 8.74. The number of benzene rings is 1. The van der Waals surface area contributed by atoms with Gasteiger partial charge in [-0.15, -0.1) is 0 Å². The van der Waals surface area contributed by atoms with Crippen LogP contribution in [0.2, 0.25) is 0 Å². The largest absolute Gasteiger partial charge is 0.335 e. The lowest BCUT2D eigenvalue weighted by Gasteiger charge is -2.34. The first-order valence-corrected chi connectivity index (χ1v) is 11.4. The summed E-state index contributed by atoms with van der Waals surface area (Å²) in [6.45, 7) is 1.78. The number of nitrogens with one attached hydrogen (secondary N) is 1. The van der Waals surface area contributed by atoms with E-state index in [1.165, 1.54) is 12.8 Å². The number of rotatable bonds is 4. The molecule has 1 aromatic carbocycles. The molecule has 0 radical (unpaired) electrons. The summed E-state index contributed by atoms with van der Waals surface area (Å²) >= 11 is 0. The highest BCUT2D eigenvalue weighted by Crippen LogP contribution is 2.25. The number of hydrogen-bond donors (Lipinski definition) is 1. The van der Waals surface area contributed by atoms with Gasteiger partial charge in [-0.05, 0) is 43.4 Å². The molecular formula is C24H29N5O2. The van der Waals surface area contributed by atoms with Gasteiger partial charge in [-0.1, -0.05) is 43.2 Å². The van der Waals surface area contributed by atoms with E-state index in [4.69, 9.17) is 0 Å². The molecule has 7 heteroatoms. The first kappa shape index (κ1) is 19.8. The average molecular weight is 420 g/mol. The molecule has 1 saturated carbocycles. The monoisotopic (exact) mass is 419 g/mol. The summed E-state index contributed by atoms with van der Waals surface area (Å²) in [5.41, 5.74) is 2.56. The van der Waals surface area contributed by atoms with Crippen LogP contribution in [0, 0.1) is 0 Å². The minimum atomic E-state index is -0.0648. The number of fused-ring (bicyclic) bond motifs is 1. The smallest absolute Gasteiger partial charge is 0.330 e. The fraction of sp³-hybridized carbons (Fsp3) is 0.458. The Labute approximate surface area is 181 Å². The van der Waals surface area contributed by atoms with Crippen LogP contribution in [0.1, 0.15) is 50.1 Å². The highest BCUT2D eigenvalue weighted by Gasteiger charge is 2.30. The topological polar surface area (TPSA) is 72.2 Å². The summed E-state index contributed by atoms with van der Waals surface area (Å²) < 4.78 is 3.61. The predicted molar refractivity (Wildman–Crippen MR) is 120 cm³/mol. The van der Waals surface area contributed by atoms with Gasteiger partial charge in [-0.2, -0.15) is 0 Å². The van der Waals surface area contributed by atoms with Crippen molar-refractivity contribution in [2.75, 3.05) is 13.1 Å². The van der Waals surface area contributed by atoms with Crippen molar-refractivity contribution in [2.45, 2.75) is 57.2 Å². The van der Waals surface area contributed by atoms with Gasteiger partial charge in [0.25, 0.3) is 0 Å². The van der Waals surface area contributed by atoms with Gasteiger partial charge in [-0.25, -0.2) is 14.6 Å². The molecule has 3 heterocycles. The van der Waals surface area contributed by atoms with Crippen LogP contribution < -0.4 is 11.0 Å². The Morgan fingerprint density at radius 1 is 1.03 bits per heavy atom. The lowest BCUT2D eigenvalue weighted by atomic mass is 10.1. The third-order valence-corrected chi connectivity index (χ3v) is 6.64. The number of likely N-dealkylation sites (tertiary alicyclic amines) is 1. The van der Waals surface area contributed by atoms with Gasteiger partial charge in [0.2, 0.25) is 0 Å². The third-order valence-electron chi connectivity index (χ3n) is 6.64. The SMILES string of the molecule is O=C(NC1CCCC1)N1CCC[C@H](n2c(=O)n(Cc3ccccc3)c3cccnc32)C1. The minimum Gasteiger partial charge on any atom is -0.335 e. The van der Waals surface area contributed by atoms with Crippen LogP contribution in [0.3, 0.4) is 0 Å². The molecule has 2 fully saturated rings. The maximum atomic E-state index is 13.5. The number of piperidine rings is 1. The molecule has 1 saturated heterocycles. The van der Waals surface area contributed by atoms with Gasteiger partial charge >= 0.3 is 11.7 Å². The summed E-state index contributed by atoms with van der Waals surface area (Å²) in [4.78, 5) is 32.8. The molecule has 1 aliphatic carbocycles. The molecular weight excluding hydrogens is 390 g/mol.